The van der Waals surface area contributed by atoms with Crippen LogP contribution in [0.25, 0.3) is 11.3 Å². The number of hydrogen-bond acceptors (Lipinski definition) is 4. The van der Waals surface area contributed by atoms with Gasteiger partial charge in [0.15, 0.2) is 5.69 Å². The molecule has 0 bridgehead atoms. The van der Waals surface area contributed by atoms with Gasteiger partial charge in [-0.2, -0.15) is 5.10 Å². The van der Waals surface area contributed by atoms with Crippen molar-refractivity contribution in [2.24, 2.45) is 0 Å². The Labute approximate surface area is 160 Å². The fourth-order valence-electron chi connectivity index (χ4n) is 3.34. The van der Waals surface area contributed by atoms with E-state index in [2.05, 4.69) is 10.1 Å². The fraction of sp³-hybridized carbons (Fsp3) is 0.200. The summed E-state index contributed by atoms with van der Waals surface area (Å²) in [7, 11) is 0. The Morgan fingerprint density at radius 2 is 1.86 bits per heavy atom. The van der Waals surface area contributed by atoms with E-state index in [0.717, 1.165) is 5.56 Å². The number of rotatable bonds is 3. The molecule has 3 aromatic rings. The van der Waals surface area contributed by atoms with Gasteiger partial charge in [0.25, 0.3) is 11.5 Å². The number of aromatic amines is 1. The van der Waals surface area contributed by atoms with E-state index in [1.807, 2.05) is 30.3 Å². The molecule has 0 atom stereocenters. The Kier molecular flexibility index (Phi) is 4.52. The van der Waals surface area contributed by atoms with Crippen LogP contribution >= 0.6 is 0 Å². The molecule has 3 heterocycles. The average molecular weight is 378 g/mol. The summed E-state index contributed by atoms with van der Waals surface area (Å²) >= 11 is 0. The summed E-state index contributed by atoms with van der Waals surface area (Å²) in [4.78, 5) is 40.9. The Morgan fingerprint density at radius 1 is 1.07 bits per heavy atom. The number of aromatic nitrogens is 3. The number of carbonyl (C=O) groups excluding carboxylic acids is 1. The number of H-pyrrole nitrogens is 1. The molecule has 0 aliphatic carbocycles. The van der Waals surface area contributed by atoms with Gasteiger partial charge in [0, 0.05) is 18.8 Å². The average Bonchev–Trinajstić information content (AvgIpc) is 3.00. The van der Waals surface area contributed by atoms with Gasteiger partial charge in [-0.3, -0.25) is 14.3 Å². The second kappa shape index (κ2) is 7.15. The molecule has 28 heavy (non-hydrogen) atoms. The Morgan fingerprint density at radius 3 is 2.57 bits per heavy atom. The molecular weight excluding hydrogens is 360 g/mol. The van der Waals surface area contributed by atoms with Gasteiger partial charge in [-0.05, 0) is 30.2 Å². The van der Waals surface area contributed by atoms with Crippen molar-refractivity contribution >= 4 is 11.9 Å². The van der Waals surface area contributed by atoms with Crippen LogP contribution in [-0.2, 0) is 13.1 Å². The molecule has 0 saturated heterocycles. The molecule has 0 spiro atoms. The third-order valence-corrected chi connectivity index (χ3v) is 4.75. The summed E-state index contributed by atoms with van der Waals surface area (Å²) in [5.74, 6) is -1.49. The van der Waals surface area contributed by atoms with Crippen molar-refractivity contribution in [3.05, 3.63) is 75.8 Å². The zero-order valence-electron chi connectivity index (χ0n) is 15.0. The molecule has 1 aliphatic heterocycles. The van der Waals surface area contributed by atoms with E-state index < -0.39 is 11.5 Å². The first-order valence-corrected chi connectivity index (χ1v) is 8.91. The minimum absolute atomic E-state index is 0.0469. The van der Waals surface area contributed by atoms with E-state index in [4.69, 9.17) is 5.11 Å². The Balaban J connectivity index is 1.60. The van der Waals surface area contributed by atoms with E-state index in [9.17, 15) is 14.4 Å². The van der Waals surface area contributed by atoms with Crippen LogP contribution in [-0.4, -0.2) is 43.2 Å². The lowest BCUT2D eigenvalue weighted by Gasteiger charge is -2.19. The quantitative estimate of drug-likeness (QED) is 0.724. The lowest BCUT2D eigenvalue weighted by atomic mass is 10.1. The van der Waals surface area contributed by atoms with E-state index in [-0.39, 0.29) is 23.7 Å². The molecule has 142 valence electrons. The first-order chi connectivity index (χ1) is 13.5. The topological polar surface area (TPSA) is 108 Å². The fourth-order valence-corrected chi connectivity index (χ4v) is 3.34. The minimum atomic E-state index is -1.11. The van der Waals surface area contributed by atoms with Gasteiger partial charge in [0.1, 0.15) is 5.56 Å². The van der Waals surface area contributed by atoms with Crippen LogP contribution in [0.2, 0.25) is 0 Å². The first-order valence-electron chi connectivity index (χ1n) is 8.91. The summed E-state index contributed by atoms with van der Waals surface area (Å²) < 4.78 is 1.61. The molecular formula is C20H18N4O4. The van der Waals surface area contributed by atoms with Crippen molar-refractivity contribution in [3.63, 3.8) is 0 Å². The molecule has 0 fully saturated rings. The van der Waals surface area contributed by atoms with E-state index in [1.165, 1.54) is 12.1 Å². The number of pyridine rings is 1. The highest BCUT2D eigenvalue weighted by Crippen LogP contribution is 2.18. The van der Waals surface area contributed by atoms with E-state index in [0.29, 0.717) is 30.9 Å². The second-order valence-electron chi connectivity index (χ2n) is 6.61. The maximum atomic E-state index is 12.9. The number of nitrogens with one attached hydrogen (secondary N) is 1. The highest BCUT2D eigenvalue weighted by Gasteiger charge is 2.24. The number of hydrogen-bond donors (Lipinski definition) is 2. The molecule has 0 radical (unpaired) electrons. The van der Waals surface area contributed by atoms with Crippen LogP contribution in [0.5, 0.6) is 0 Å². The number of carboxylic acids is 1. The number of aromatic carboxylic acids is 1. The SMILES string of the molecule is O=C(O)c1cc2n(n1)CCCN(C(=O)c1ccc(-c3ccccc3)[nH]c1=O)C2. The van der Waals surface area contributed by atoms with Gasteiger partial charge >= 0.3 is 5.97 Å². The predicted molar refractivity (Wildman–Crippen MR) is 101 cm³/mol. The third-order valence-electron chi connectivity index (χ3n) is 4.75. The number of carboxylic acid groups (broad SMARTS) is 1. The van der Waals surface area contributed by atoms with Crippen LogP contribution in [0.4, 0.5) is 0 Å². The van der Waals surface area contributed by atoms with Crippen LogP contribution in [0, 0.1) is 0 Å². The second-order valence-corrected chi connectivity index (χ2v) is 6.61. The van der Waals surface area contributed by atoms with Gasteiger partial charge in [-0.15, -0.1) is 0 Å². The molecule has 1 aromatic carbocycles. The third kappa shape index (κ3) is 3.32. The summed E-state index contributed by atoms with van der Waals surface area (Å²) in [6, 6.07) is 14.1. The largest absolute Gasteiger partial charge is 0.476 e. The predicted octanol–water partition coefficient (Wildman–Crippen LogP) is 1.98. The van der Waals surface area contributed by atoms with Crippen molar-refractivity contribution in [1.29, 1.82) is 0 Å². The molecule has 2 N–H and O–H groups in total. The lowest BCUT2D eigenvalue weighted by molar-refractivity contribution is 0.0689. The van der Waals surface area contributed by atoms with Crippen LogP contribution in [0.15, 0.2) is 53.3 Å². The van der Waals surface area contributed by atoms with Gasteiger partial charge in [0.05, 0.1) is 12.2 Å². The maximum absolute atomic E-state index is 12.9. The molecule has 0 saturated carbocycles. The van der Waals surface area contributed by atoms with Crippen LogP contribution in [0.3, 0.4) is 0 Å². The molecule has 2 aromatic heterocycles. The Hall–Kier alpha value is -3.68. The highest BCUT2D eigenvalue weighted by atomic mass is 16.4. The zero-order chi connectivity index (χ0) is 19.7. The summed E-state index contributed by atoms with van der Waals surface area (Å²) in [6.45, 7) is 1.19. The summed E-state index contributed by atoms with van der Waals surface area (Å²) in [5, 5.41) is 13.2. The van der Waals surface area contributed by atoms with Crippen molar-refractivity contribution in [3.8, 4) is 11.3 Å². The monoisotopic (exact) mass is 378 g/mol. The minimum Gasteiger partial charge on any atom is -0.476 e. The molecule has 8 nitrogen and oxygen atoms in total. The smallest absolute Gasteiger partial charge is 0.356 e. The molecule has 4 rings (SSSR count). The van der Waals surface area contributed by atoms with Crippen LogP contribution < -0.4 is 5.56 Å². The van der Waals surface area contributed by atoms with Gasteiger partial charge in [0.2, 0.25) is 0 Å². The van der Waals surface area contributed by atoms with Gasteiger partial charge in [-0.1, -0.05) is 30.3 Å². The normalized spacial score (nSPS) is 13.6. The van der Waals surface area contributed by atoms with Crippen molar-refractivity contribution < 1.29 is 14.7 Å². The summed E-state index contributed by atoms with van der Waals surface area (Å²) in [5.41, 5.74) is 1.71. The van der Waals surface area contributed by atoms with Crippen molar-refractivity contribution in [2.75, 3.05) is 6.54 Å². The molecule has 1 aliphatic rings. The number of aryl methyl sites for hydroxylation is 1. The number of nitrogens with zero attached hydrogens (tertiary/aromatic N) is 3. The van der Waals surface area contributed by atoms with Crippen LogP contribution in [0.1, 0.15) is 33.0 Å². The van der Waals surface area contributed by atoms with Crippen molar-refractivity contribution in [1.82, 2.24) is 19.7 Å². The summed E-state index contributed by atoms with van der Waals surface area (Å²) in [6.07, 6.45) is 0.624. The van der Waals surface area contributed by atoms with Gasteiger partial charge < -0.3 is 15.0 Å². The Bertz CT molecular complexity index is 1100. The number of fused-ring (bicyclic) bond motifs is 1. The highest BCUT2D eigenvalue weighted by molar-refractivity contribution is 5.94. The maximum Gasteiger partial charge on any atom is 0.356 e. The van der Waals surface area contributed by atoms with E-state index >= 15 is 0 Å². The standard InChI is InChI=1S/C20H18N4O4/c25-18-15(7-8-16(21-18)13-5-2-1-3-6-13)19(26)23-9-4-10-24-14(12-23)11-17(22-24)20(27)28/h1-3,5-8,11H,4,9-10,12H2,(H,21,25)(H,27,28). The van der Waals surface area contributed by atoms with Crippen molar-refractivity contribution in [2.45, 2.75) is 19.5 Å². The number of benzene rings is 1. The molecule has 1 amide bonds. The molecule has 0 unspecified atom stereocenters. The first kappa shape index (κ1) is 17.7. The lowest BCUT2D eigenvalue weighted by Crippen LogP contribution is -2.34. The number of carbonyl (C=O) groups is 2. The van der Waals surface area contributed by atoms with E-state index in [1.54, 1.807) is 15.6 Å². The van der Waals surface area contributed by atoms with Gasteiger partial charge in [-0.25, -0.2) is 4.79 Å². The number of amides is 1. The zero-order valence-corrected chi connectivity index (χ0v) is 15.0. The molecule has 8 heteroatoms.